The summed E-state index contributed by atoms with van der Waals surface area (Å²) < 4.78 is 2.13. The molecule has 2 fully saturated rings. The van der Waals surface area contributed by atoms with Crippen LogP contribution in [0.25, 0.3) is 11.7 Å². The number of nitrogens with zero attached hydrogens (tertiary/aromatic N) is 4. The number of rotatable bonds is 6. The predicted octanol–water partition coefficient (Wildman–Crippen LogP) is 5.07. The number of hydrogen-bond donors (Lipinski definition) is 0. The van der Waals surface area contributed by atoms with Crippen molar-refractivity contribution in [2.75, 3.05) is 24.5 Å². The molecule has 4 heterocycles. The summed E-state index contributed by atoms with van der Waals surface area (Å²) in [5.41, 5.74) is 3.24. The van der Waals surface area contributed by atoms with E-state index in [1.807, 2.05) is 26.0 Å². The standard InChI is InChI=1S/C28H30N4O2S2/c1-3-13-31-27(34)23(36-28(31)35)17-22-25(29-24-10-9-19(2)18-32(24)26(22)33)30-14-11-21(12-15-30)16-20-7-5-4-6-8-20/h4-10,17-18,21H,3,11-16H2,1-2H3/b23-17-. The third kappa shape index (κ3) is 4.97. The number of thiocarbonyl (C=S) groups is 1. The number of amides is 1. The van der Waals surface area contributed by atoms with E-state index >= 15 is 0 Å². The fraction of sp³-hybridized carbons (Fsp3) is 0.357. The zero-order chi connectivity index (χ0) is 25.2. The number of anilines is 1. The quantitative estimate of drug-likeness (QED) is 0.335. The number of carbonyl (C=O) groups excluding carboxylic acids is 1. The Hall–Kier alpha value is -2.97. The lowest BCUT2D eigenvalue weighted by atomic mass is 9.90. The summed E-state index contributed by atoms with van der Waals surface area (Å²) in [6.45, 7) is 6.20. The van der Waals surface area contributed by atoms with Crippen LogP contribution in [0.4, 0.5) is 5.82 Å². The topological polar surface area (TPSA) is 57.9 Å². The molecular weight excluding hydrogens is 488 g/mol. The van der Waals surface area contributed by atoms with E-state index in [1.54, 1.807) is 21.6 Å². The predicted molar refractivity (Wildman–Crippen MR) is 151 cm³/mol. The lowest BCUT2D eigenvalue weighted by Crippen LogP contribution is -2.37. The fourth-order valence-corrected chi connectivity index (χ4v) is 6.25. The minimum atomic E-state index is -0.161. The number of piperidine rings is 1. The van der Waals surface area contributed by atoms with E-state index in [1.165, 1.54) is 17.3 Å². The summed E-state index contributed by atoms with van der Waals surface area (Å²) in [6.07, 6.45) is 7.46. The number of aryl methyl sites for hydroxylation is 1. The minimum Gasteiger partial charge on any atom is -0.356 e. The van der Waals surface area contributed by atoms with E-state index in [0.717, 1.165) is 44.3 Å². The maximum atomic E-state index is 13.7. The molecule has 2 aromatic heterocycles. The van der Waals surface area contributed by atoms with E-state index < -0.39 is 0 Å². The van der Waals surface area contributed by atoms with Gasteiger partial charge in [-0.05, 0) is 61.8 Å². The van der Waals surface area contributed by atoms with Crippen LogP contribution in [0.5, 0.6) is 0 Å². The van der Waals surface area contributed by atoms with Crippen molar-refractivity contribution in [3.05, 3.63) is 80.6 Å². The molecule has 0 spiro atoms. The number of carbonyl (C=O) groups is 1. The molecule has 0 radical (unpaired) electrons. The molecule has 0 atom stereocenters. The van der Waals surface area contributed by atoms with Gasteiger partial charge in [0.15, 0.2) is 0 Å². The van der Waals surface area contributed by atoms with Gasteiger partial charge in [0.2, 0.25) is 0 Å². The van der Waals surface area contributed by atoms with E-state index in [9.17, 15) is 9.59 Å². The van der Waals surface area contributed by atoms with Crippen molar-refractivity contribution >= 4 is 51.7 Å². The van der Waals surface area contributed by atoms with Crippen molar-refractivity contribution < 1.29 is 4.79 Å². The summed E-state index contributed by atoms with van der Waals surface area (Å²) in [5, 5.41) is 0. The lowest BCUT2D eigenvalue weighted by molar-refractivity contribution is -0.122. The smallest absolute Gasteiger partial charge is 0.267 e. The Kier molecular flexibility index (Phi) is 7.25. The van der Waals surface area contributed by atoms with Crippen molar-refractivity contribution in [1.29, 1.82) is 0 Å². The molecule has 0 bridgehead atoms. The largest absolute Gasteiger partial charge is 0.356 e. The van der Waals surface area contributed by atoms with Gasteiger partial charge in [0.05, 0.1) is 10.5 Å². The summed E-state index contributed by atoms with van der Waals surface area (Å²) in [4.78, 5) is 36.0. The number of hydrogen-bond acceptors (Lipinski definition) is 6. The van der Waals surface area contributed by atoms with Crippen molar-refractivity contribution in [3.63, 3.8) is 0 Å². The van der Waals surface area contributed by atoms with Gasteiger partial charge in [-0.15, -0.1) is 0 Å². The minimum absolute atomic E-state index is 0.131. The van der Waals surface area contributed by atoms with E-state index in [-0.39, 0.29) is 11.5 Å². The Morgan fingerprint density at radius 2 is 1.86 bits per heavy atom. The Morgan fingerprint density at radius 1 is 1.11 bits per heavy atom. The van der Waals surface area contributed by atoms with Crippen molar-refractivity contribution in [2.24, 2.45) is 5.92 Å². The Labute approximate surface area is 221 Å². The second-order valence-electron chi connectivity index (χ2n) is 9.54. The fourth-order valence-electron chi connectivity index (χ4n) is 4.96. The number of benzene rings is 1. The first-order valence-electron chi connectivity index (χ1n) is 12.5. The van der Waals surface area contributed by atoms with E-state index in [2.05, 4.69) is 35.2 Å². The molecule has 2 aliphatic heterocycles. The number of pyridine rings is 1. The van der Waals surface area contributed by atoms with Crippen LogP contribution < -0.4 is 10.5 Å². The molecule has 2 aliphatic rings. The molecule has 186 valence electrons. The first-order valence-corrected chi connectivity index (χ1v) is 13.7. The van der Waals surface area contributed by atoms with Crippen LogP contribution in [-0.4, -0.2) is 44.1 Å². The van der Waals surface area contributed by atoms with Gasteiger partial charge in [-0.3, -0.25) is 18.9 Å². The average molecular weight is 519 g/mol. The Balaban J connectivity index is 1.49. The zero-order valence-electron chi connectivity index (χ0n) is 20.6. The Bertz CT molecular complexity index is 1390. The third-order valence-corrected chi connectivity index (χ3v) is 8.24. The molecule has 3 aromatic rings. The first-order chi connectivity index (χ1) is 17.4. The van der Waals surface area contributed by atoms with Gasteiger partial charge in [-0.2, -0.15) is 0 Å². The number of fused-ring (bicyclic) bond motifs is 1. The van der Waals surface area contributed by atoms with Crippen molar-refractivity contribution in [3.8, 4) is 0 Å². The molecule has 2 saturated heterocycles. The number of thioether (sulfide) groups is 1. The normalized spacial score (nSPS) is 18.1. The maximum absolute atomic E-state index is 13.7. The van der Waals surface area contributed by atoms with Crippen molar-refractivity contribution in [2.45, 2.75) is 39.5 Å². The zero-order valence-corrected chi connectivity index (χ0v) is 22.3. The molecule has 8 heteroatoms. The summed E-state index contributed by atoms with van der Waals surface area (Å²) in [7, 11) is 0. The average Bonchev–Trinajstić information content (AvgIpc) is 3.15. The molecule has 5 rings (SSSR count). The molecule has 0 aliphatic carbocycles. The monoisotopic (exact) mass is 518 g/mol. The Morgan fingerprint density at radius 3 is 2.58 bits per heavy atom. The molecular formula is C28H30N4O2S2. The summed E-state index contributed by atoms with van der Waals surface area (Å²) >= 11 is 6.71. The molecule has 0 N–H and O–H groups in total. The highest BCUT2D eigenvalue weighted by atomic mass is 32.2. The van der Waals surface area contributed by atoms with Gasteiger partial charge in [0, 0.05) is 25.8 Å². The van der Waals surface area contributed by atoms with Crippen molar-refractivity contribution in [1.82, 2.24) is 14.3 Å². The second kappa shape index (κ2) is 10.6. The van der Waals surface area contributed by atoms with Gasteiger partial charge in [0.25, 0.3) is 11.5 Å². The lowest BCUT2D eigenvalue weighted by Gasteiger charge is -2.33. The summed E-state index contributed by atoms with van der Waals surface area (Å²) in [5.74, 6) is 1.12. The molecule has 1 aromatic carbocycles. The highest BCUT2D eigenvalue weighted by molar-refractivity contribution is 8.26. The van der Waals surface area contributed by atoms with E-state index in [4.69, 9.17) is 17.2 Å². The van der Waals surface area contributed by atoms with Gasteiger partial charge in [-0.25, -0.2) is 4.98 Å². The van der Waals surface area contributed by atoms with Gasteiger partial charge < -0.3 is 4.90 Å². The molecule has 1 amide bonds. The highest BCUT2D eigenvalue weighted by Crippen LogP contribution is 2.34. The third-order valence-electron chi connectivity index (χ3n) is 6.86. The molecule has 36 heavy (non-hydrogen) atoms. The van der Waals surface area contributed by atoms with Crippen LogP contribution in [0.2, 0.25) is 0 Å². The van der Waals surface area contributed by atoms with E-state index in [0.29, 0.717) is 38.7 Å². The van der Waals surface area contributed by atoms with Crippen LogP contribution in [0.15, 0.2) is 58.4 Å². The molecule has 0 saturated carbocycles. The first kappa shape index (κ1) is 24.7. The van der Waals surface area contributed by atoms with Gasteiger partial charge in [0.1, 0.15) is 15.8 Å². The SMILES string of the molecule is CCCN1C(=O)/C(=C/c2c(N3CCC(Cc4ccccc4)CC3)nc3ccc(C)cn3c2=O)SC1=S. The van der Waals surface area contributed by atoms with Crippen LogP contribution in [0.3, 0.4) is 0 Å². The summed E-state index contributed by atoms with van der Waals surface area (Å²) in [6, 6.07) is 14.5. The van der Waals surface area contributed by atoms with Crippen LogP contribution in [0.1, 0.15) is 42.9 Å². The molecule has 6 nitrogen and oxygen atoms in total. The maximum Gasteiger partial charge on any atom is 0.267 e. The van der Waals surface area contributed by atoms with Crippen LogP contribution in [-0.2, 0) is 11.2 Å². The molecule has 0 unspecified atom stereocenters. The van der Waals surface area contributed by atoms with Gasteiger partial charge >= 0.3 is 0 Å². The second-order valence-corrected chi connectivity index (χ2v) is 11.2. The highest BCUT2D eigenvalue weighted by Gasteiger charge is 2.32. The van der Waals surface area contributed by atoms with Gasteiger partial charge in [-0.1, -0.05) is 67.3 Å². The van der Waals surface area contributed by atoms with Crippen LogP contribution in [0, 0.1) is 12.8 Å². The number of aromatic nitrogens is 2. The van der Waals surface area contributed by atoms with Crippen LogP contribution >= 0.6 is 24.0 Å².